The first-order valence-electron chi connectivity index (χ1n) is 8.35. The zero-order valence-electron chi connectivity index (χ0n) is 13.4. The van der Waals surface area contributed by atoms with Crippen LogP contribution in [0.4, 0.5) is 5.13 Å². The van der Waals surface area contributed by atoms with Crippen molar-refractivity contribution in [1.29, 1.82) is 0 Å². The summed E-state index contributed by atoms with van der Waals surface area (Å²) < 4.78 is 6.71. The van der Waals surface area contributed by atoms with Crippen LogP contribution in [-0.4, -0.2) is 55.3 Å². The number of hydrogen-bond donors (Lipinski definition) is 0. The molecule has 23 heavy (non-hydrogen) atoms. The quantitative estimate of drug-likeness (QED) is 0.827. The number of anilines is 1. The van der Waals surface area contributed by atoms with Crippen LogP contribution in [0.15, 0.2) is 12.1 Å². The Morgan fingerprint density at radius 1 is 1.17 bits per heavy atom. The number of rotatable bonds is 2. The molecule has 0 bridgehead atoms. The number of hydrogen-bond acceptors (Lipinski definition) is 5. The fraction of sp³-hybridized carbons (Fsp3) is 0.588. The summed E-state index contributed by atoms with van der Waals surface area (Å²) in [5, 5.41) is 1.94. The van der Waals surface area contributed by atoms with Crippen molar-refractivity contribution in [3.8, 4) is 0 Å². The van der Waals surface area contributed by atoms with Gasteiger partial charge in [-0.3, -0.25) is 4.90 Å². The van der Waals surface area contributed by atoms with Gasteiger partial charge in [0, 0.05) is 50.5 Å². The van der Waals surface area contributed by atoms with Crippen molar-refractivity contribution >= 4 is 38.3 Å². The second kappa shape index (κ2) is 6.55. The maximum absolute atomic E-state index is 6.22. The molecule has 2 aliphatic rings. The van der Waals surface area contributed by atoms with Gasteiger partial charge in [-0.1, -0.05) is 22.9 Å². The van der Waals surface area contributed by atoms with E-state index in [2.05, 4.69) is 22.8 Å². The van der Waals surface area contributed by atoms with Gasteiger partial charge in [0.2, 0.25) is 0 Å². The van der Waals surface area contributed by atoms with Gasteiger partial charge in [-0.05, 0) is 37.5 Å². The van der Waals surface area contributed by atoms with E-state index in [-0.39, 0.29) is 0 Å². The van der Waals surface area contributed by atoms with E-state index in [1.165, 1.54) is 17.5 Å². The second-order valence-corrected chi connectivity index (χ2v) is 7.80. The van der Waals surface area contributed by atoms with E-state index in [9.17, 15) is 0 Å². The van der Waals surface area contributed by atoms with Crippen molar-refractivity contribution in [2.24, 2.45) is 0 Å². The van der Waals surface area contributed by atoms with Gasteiger partial charge in [-0.25, -0.2) is 4.98 Å². The molecule has 0 spiro atoms. The van der Waals surface area contributed by atoms with Crippen molar-refractivity contribution in [3.63, 3.8) is 0 Å². The molecule has 2 saturated heterocycles. The Bertz CT molecular complexity index is 690. The SMILES string of the molecule is Cc1c(Cl)ccc2sc(N3CCN(C4CCOCC4)CC3)nc12. The number of ether oxygens (including phenoxy) is 1. The van der Waals surface area contributed by atoms with E-state index in [0.717, 1.165) is 60.6 Å². The van der Waals surface area contributed by atoms with E-state index < -0.39 is 0 Å². The van der Waals surface area contributed by atoms with E-state index in [0.29, 0.717) is 6.04 Å². The lowest BCUT2D eigenvalue weighted by molar-refractivity contribution is 0.0321. The van der Waals surface area contributed by atoms with Gasteiger partial charge in [0.1, 0.15) is 0 Å². The van der Waals surface area contributed by atoms with Gasteiger partial charge in [0.25, 0.3) is 0 Å². The molecule has 0 saturated carbocycles. The average Bonchev–Trinajstić information content (AvgIpc) is 3.04. The Balaban J connectivity index is 1.47. The van der Waals surface area contributed by atoms with Crippen molar-refractivity contribution in [2.75, 3.05) is 44.3 Å². The molecular formula is C17H22ClN3OS. The minimum absolute atomic E-state index is 0.710. The van der Waals surface area contributed by atoms with E-state index >= 15 is 0 Å². The number of benzene rings is 1. The Morgan fingerprint density at radius 3 is 2.65 bits per heavy atom. The minimum atomic E-state index is 0.710. The van der Waals surface area contributed by atoms with Crippen molar-refractivity contribution in [1.82, 2.24) is 9.88 Å². The zero-order chi connectivity index (χ0) is 15.8. The molecule has 4 nitrogen and oxygen atoms in total. The molecule has 1 aromatic carbocycles. The highest BCUT2D eigenvalue weighted by Gasteiger charge is 2.26. The molecule has 0 radical (unpaired) electrons. The van der Waals surface area contributed by atoms with Crippen LogP contribution >= 0.6 is 22.9 Å². The number of nitrogens with zero attached hydrogens (tertiary/aromatic N) is 3. The monoisotopic (exact) mass is 351 g/mol. The maximum atomic E-state index is 6.22. The summed E-state index contributed by atoms with van der Waals surface area (Å²) in [5.41, 5.74) is 2.15. The van der Waals surface area contributed by atoms with E-state index in [1.54, 1.807) is 11.3 Å². The number of aromatic nitrogens is 1. The van der Waals surface area contributed by atoms with Crippen LogP contribution in [0.5, 0.6) is 0 Å². The maximum Gasteiger partial charge on any atom is 0.186 e. The summed E-state index contributed by atoms with van der Waals surface area (Å²) in [6, 6.07) is 4.77. The molecule has 4 rings (SSSR count). The summed E-state index contributed by atoms with van der Waals surface area (Å²) in [6.07, 6.45) is 2.36. The van der Waals surface area contributed by atoms with Gasteiger partial charge in [0.15, 0.2) is 5.13 Å². The second-order valence-electron chi connectivity index (χ2n) is 6.38. The number of piperazine rings is 1. The third-order valence-corrected chi connectivity index (χ3v) is 6.52. The molecule has 0 unspecified atom stereocenters. The smallest absolute Gasteiger partial charge is 0.186 e. The fourth-order valence-electron chi connectivity index (χ4n) is 3.55. The van der Waals surface area contributed by atoms with Gasteiger partial charge in [-0.15, -0.1) is 0 Å². The standard InChI is InChI=1S/C17H22ClN3OS/c1-12-14(18)2-3-15-16(12)19-17(23-15)21-8-6-20(7-9-21)13-4-10-22-11-5-13/h2-3,13H,4-11H2,1H3. The summed E-state index contributed by atoms with van der Waals surface area (Å²) in [4.78, 5) is 9.91. The van der Waals surface area contributed by atoms with Gasteiger partial charge in [-0.2, -0.15) is 0 Å². The molecule has 3 heterocycles. The summed E-state index contributed by atoms with van der Waals surface area (Å²) >= 11 is 8.00. The molecule has 0 N–H and O–H groups in total. The van der Waals surface area contributed by atoms with Crippen LogP contribution in [-0.2, 0) is 4.74 Å². The number of fused-ring (bicyclic) bond motifs is 1. The molecule has 1 aromatic heterocycles. The first-order chi connectivity index (χ1) is 11.2. The largest absolute Gasteiger partial charge is 0.381 e. The van der Waals surface area contributed by atoms with Crippen LogP contribution in [0.2, 0.25) is 5.02 Å². The highest BCUT2D eigenvalue weighted by atomic mass is 35.5. The number of halogens is 1. The Morgan fingerprint density at radius 2 is 1.91 bits per heavy atom. The van der Waals surface area contributed by atoms with E-state index in [1.807, 2.05) is 6.07 Å². The molecule has 2 aliphatic heterocycles. The van der Waals surface area contributed by atoms with Crippen molar-refractivity contribution in [2.45, 2.75) is 25.8 Å². The van der Waals surface area contributed by atoms with Crippen LogP contribution in [0.25, 0.3) is 10.2 Å². The van der Waals surface area contributed by atoms with Crippen LogP contribution < -0.4 is 4.90 Å². The lowest BCUT2D eigenvalue weighted by atomic mass is 10.1. The Kier molecular flexibility index (Phi) is 4.46. The van der Waals surface area contributed by atoms with Crippen molar-refractivity contribution < 1.29 is 4.74 Å². The third-order valence-electron chi connectivity index (χ3n) is 5.03. The molecule has 2 aromatic rings. The molecule has 0 atom stereocenters. The molecular weight excluding hydrogens is 330 g/mol. The lowest BCUT2D eigenvalue weighted by Crippen LogP contribution is -2.51. The normalized spacial score (nSPS) is 21.2. The first kappa shape index (κ1) is 15.6. The summed E-state index contributed by atoms with van der Waals surface area (Å²) in [7, 11) is 0. The Hall–Kier alpha value is -0.880. The first-order valence-corrected chi connectivity index (χ1v) is 9.54. The van der Waals surface area contributed by atoms with Gasteiger partial charge >= 0.3 is 0 Å². The molecule has 0 aliphatic carbocycles. The lowest BCUT2D eigenvalue weighted by Gasteiger charge is -2.40. The fourth-order valence-corrected chi connectivity index (χ4v) is 4.78. The summed E-state index contributed by atoms with van der Waals surface area (Å²) in [6.45, 7) is 8.26. The van der Waals surface area contributed by atoms with Gasteiger partial charge < -0.3 is 9.64 Å². The van der Waals surface area contributed by atoms with Crippen LogP contribution in [0.1, 0.15) is 18.4 Å². The topological polar surface area (TPSA) is 28.6 Å². The predicted octanol–water partition coefficient (Wildman–Crippen LogP) is 3.56. The Labute approximate surface area is 146 Å². The molecule has 2 fully saturated rings. The van der Waals surface area contributed by atoms with E-state index in [4.69, 9.17) is 21.3 Å². The molecule has 6 heteroatoms. The van der Waals surface area contributed by atoms with Gasteiger partial charge in [0.05, 0.1) is 10.2 Å². The minimum Gasteiger partial charge on any atom is -0.381 e. The number of thiazole rings is 1. The van der Waals surface area contributed by atoms with Crippen LogP contribution in [0, 0.1) is 6.92 Å². The third kappa shape index (κ3) is 3.07. The molecule has 0 amide bonds. The van der Waals surface area contributed by atoms with Crippen LogP contribution in [0.3, 0.4) is 0 Å². The highest BCUT2D eigenvalue weighted by molar-refractivity contribution is 7.22. The number of aryl methyl sites for hydroxylation is 1. The average molecular weight is 352 g/mol. The summed E-state index contributed by atoms with van der Waals surface area (Å²) in [5.74, 6) is 0. The highest BCUT2D eigenvalue weighted by Crippen LogP contribution is 2.34. The zero-order valence-corrected chi connectivity index (χ0v) is 15.0. The predicted molar refractivity (Wildman–Crippen MR) is 97.0 cm³/mol. The van der Waals surface area contributed by atoms with Crippen molar-refractivity contribution in [3.05, 3.63) is 22.7 Å². The molecule has 124 valence electrons.